The molecule has 0 fully saturated rings. The molecule has 1 rings (SSSR count). The van der Waals surface area contributed by atoms with E-state index in [0.29, 0.717) is 5.75 Å². The Hall–Kier alpha value is -0.181. The Morgan fingerprint density at radius 2 is 2.00 bits per heavy atom. The molecule has 0 bridgehead atoms. The van der Waals surface area contributed by atoms with E-state index in [1.807, 2.05) is 12.1 Å². The minimum absolute atomic E-state index is 0.402. The molecule has 0 aromatic heterocycles. The van der Waals surface area contributed by atoms with Gasteiger partial charge in [-0.25, -0.2) is 0 Å². The summed E-state index contributed by atoms with van der Waals surface area (Å²) < 4.78 is 1.38. The van der Waals surface area contributed by atoms with Crippen molar-refractivity contribution in [1.29, 1.82) is 0 Å². The molecule has 1 radical (unpaired) electrons. The van der Waals surface area contributed by atoms with Gasteiger partial charge in [0.25, 0.3) is 0 Å². The molecular formula is C8H11OSn. The number of aromatic hydroxyl groups is 1. The predicted molar refractivity (Wildman–Crippen MR) is 45.2 cm³/mol. The van der Waals surface area contributed by atoms with Crippen molar-refractivity contribution in [3.63, 3.8) is 0 Å². The molecule has 0 spiro atoms. The summed E-state index contributed by atoms with van der Waals surface area (Å²) in [7, 11) is 0. The molecule has 0 heterocycles. The number of phenols is 1. The Morgan fingerprint density at radius 3 is 2.40 bits per heavy atom. The Morgan fingerprint density at radius 1 is 1.30 bits per heavy atom. The molecule has 0 saturated heterocycles. The van der Waals surface area contributed by atoms with E-state index in [0.717, 1.165) is 0 Å². The van der Waals surface area contributed by atoms with Crippen LogP contribution in [0.1, 0.15) is 0 Å². The second-order valence-electron chi connectivity index (χ2n) is 2.55. The van der Waals surface area contributed by atoms with Crippen LogP contribution in [-0.4, -0.2) is 24.9 Å². The Labute approximate surface area is 68.4 Å². The van der Waals surface area contributed by atoms with E-state index in [4.69, 9.17) is 5.11 Å². The molecule has 10 heavy (non-hydrogen) atoms. The second kappa shape index (κ2) is 3.28. The van der Waals surface area contributed by atoms with Crippen LogP contribution in [0.4, 0.5) is 0 Å². The van der Waals surface area contributed by atoms with E-state index in [1.165, 1.54) is 3.58 Å². The third kappa shape index (κ3) is 1.90. The van der Waals surface area contributed by atoms with Gasteiger partial charge < -0.3 is 0 Å². The summed E-state index contributed by atoms with van der Waals surface area (Å²) in [6.07, 6.45) is 0. The molecule has 0 aliphatic heterocycles. The van der Waals surface area contributed by atoms with Crippen molar-refractivity contribution in [3.8, 4) is 5.75 Å². The van der Waals surface area contributed by atoms with Gasteiger partial charge in [-0.05, 0) is 0 Å². The zero-order valence-electron chi connectivity index (χ0n) is 6.26. The van der Waals surface area contributed by atoms with Gasteiger partial charge in [-0.2, -0.15) is 0 Å². The summed E-state index contributed by atoms with van der Waals surface area (Å²) in [6, 6.07) is 7.62. The van der Waals surface area contributed by atoms with Crippen LogP contribution in [0.3, 0.4) is 0 Å². The van der Waals surface area contributed by atoms with Crippen LogP contribution < -0.4 is 3.58 Å². The molecule has 53 valence electrons. The molecule has 0 aliphatic rings. The molecule has 2 heteroatoms. The van der Waals surface area contributed by atoms with Gasteiger partial charge in [-0.3, -0.25) is 0 Å². The Bertz CT molecular complexity index is 220. The fourth-order valence-corrected chi connectivity index (χ4v) is 3.29. The molecule has 0 atom stereocenters. The minimum atomic E-state index is -1.22. The van der Waals surface area contributed by atoms with Crippen LogP contribution in [0.2, 0.25) is 9.88 Å². The molecule has 1 N–H and O–H groups in total. The van der Waals surface area contributed by atoms with Crippen molar-refractivity contribution >= 4 is 23.3 Å². The quantitative estimate of drug-likeness (QED) is 0.737. The maximum atomic E-state index is 9.09. The first-order valence-corrected chi connectivity index (χ1v) is 10.4. The fraction of sp³-hybridized carbons (Fsp3) is 0.250. The number of hydrogen-bond acceptors (Lipinski definition) is 1. The van der Waals surface area contributed by atoms with Crippen molar-refractivity contribution in [2.75, 3.05) is 0 Å². The van der Waals surface area contributed by atoms with Gasteiger partial charge in [-0.15, -0.1) is 0 Å². The van der Waals surface area contributed by atoms with E-state index in [-0.39, 0.29) is 0 Å². The van der Waals surface area contributed by atoms with Crippen molar-refractivity contribution in [1.82, 2.24) is 0 Å². The van der Waals surface area contributed by atoms with E-state index in [9.17, 15) is 0 Å². The molecule has 1 aromatic carbocycles. The van der Waals surface area contributed by atoms with Crippen LogP contribution in [-0.2, 0) is 0 Å². The van der Waals surface area contributed by atoms with Crippen LogP contribution in [0, 0.1) is 0 Å². The second-order valence-corrected chi connectivity index (χ2v) is 9.91. The standard InChI is InChI=1S/C6H5O.2CH3.Sn/c7-6-4-2-1-3-5-6;;;/h1-2,4-5,7H;2*1H3;. The van der Waals surface area contributed by atoms with Gasteiger partial charge in [0.15, 0.2) is 0 Å². The Kier molecular flexibility index (Phi) is 2.60. The topological polar surface area (TPSA) is 20.2 Å². The first kappa shape index (κ1) is 7.92. The van der Waals surface area contributed by atoms with Gasteiger partial charge in [0, 0.05) is 0 Å². The van der Waals surface area contributed by atoms with E-state index < -0.39 is 19.8 Å². The molecule has 1 nitrogen and oxygen atoms in total. The fourth-order valence-electron chi connectivity index (χ4n) is 0.817. The number of phenolic OH excluding ortho intramolecular Hbond substituents is 1. The van der Waals surface area contributed by atoms with Gasteiger partial charge in [-0.1, -0.05) is 0 Å². The van der Waals surface area contributed by atoms with Gasteiger partial charge in [0.2, 0.25) is 0 Å². The summed E-state index contributed by atoms with van der Waals surface area (Å²) in [4.78, 5) is 4.61. The monoisotopic (exact) mass is 243 g/mol. The summed E-state index contributed by atoms with van der Waals surface area (Å²) in [5, 5.41) is 9.09. The summed E-state index contributed by atoms with van der Waals surface area (Å²) >= 11 is -1.22. The van der Waals surface area contributed by atoms with Gasteiger partial charge >= 0.3 is 68.3 Å². The zero-order chi connectivity index (χ0) is 7.56. The molecule has 0 unspecified atom stereocenters. The third-order valence-corrected chi connectivity index (χ3v) is 5.61. The Balaban J connectivity index is 2.96. The van der Waals surface area contributed by atoms with E-state index in [2.05, 4.69) is 15.9 Å². The molecule has 0 aliphatic carbocycles. The molecule has 0 saturated carbocycles. The number of rotatable bonds is 1. The summed E-state index contributed by atoms with van der Waals surface area (Å²) in [5.41, 5.74) is 0. The number of benzene rings is 1. The van der Waals surface area contributed by atoms with Crippen LogP contribution in [0.5, 0.6) is 5.75 Å². The summed E-state index contributed by atoms with van der Waals surface area (Å²) in [5.74, 6) is 0.402. The molecular weight excluding hydrogens is 231 g/mol. The van der Waals surface area contributed by atoms with E-state index in [1.54, 1.807) is 6.07 Å². The average molecular weight is 242 g/mol. The summed E-state index contributed by atoms with van der Waals surface area (Å²) in [6.45, 7) is 0. The first-order valence-electron chi connectivity index (χ1n) is 3.29. The van der Waals surface area contributed by atoms with Crippen molar-refractivity contribution in [2.45, 2.75) is 9.88 Å². The number of hydrogen-bond donors (Lipinski definition) is 1. The maximum absolute atomic E-state index is 9.09. The van der Waals surface area contributed by atoms with Gasteiger partial charge in [0.1, 0.15) is 0 Å². The molecule has 0 amide bonds. The predicted octanol–water partition coefficient (Wildman–Crippen LogP) is 1.35. The van der Waals surface area contributed by atoms with Crippen molar-refractivity contribution in [2.24, 2.45) is 0 Å². The van der Waals surface area contributed by atoms with Crippen LogP contribution >= 0.6 is 0 Å². The van der Waals surface area contributed by atoms with Gasteiger partial charge in [0.05, 0.1) is 0 Å². The first-order chi connectivity index (χ1) is 4.70. The zero-order valence-corrected chi connectivity index (χ0v) is 9.11. The van der Waals surface area contributed by atoms with Crippen LogP contribution in [0.15, 0.2) is 24.3 Å². The van der Waals surface area contributed by atoms with Crippen LogP contribution in [0.25, 0.3) is 0 Å². The van der Waals surface area contributed by atoms with E-state index >= 15 is 0 Å². The average Bonchev–Trinajstić information content (AvgIpc) is 1.88. The van der Waals surface area contributed by atoms with Crippen molar-refractivity contribution in [3.05, 3.63) is 24.3 Å². The SMILES string of the molecule is [CH3][Sn]([CH3])[c]1cccc(O)c1. The van der Waals surface area contributed by atoms with Crippen molar-refractivity contribution < 1.29 is 5.11 Å². The normalized spacial score (nSPS) is 10.3. The third-order valence-electron chi connectivity index (χ3n) is 1.42. The molecule has 1 aromatic rings.